The monoisotopic (exact) mass is 333 g/mol. The van der Waals surface area contributed by atoms with Gasteiger partial charge in [0.1, 0.15) is 5.82 Å². The van der Waals surface area contributed by atoms with Crippen LogP contribution in [-0.2, 0) is 6.42 Å². The van der Waals surface area contributed by atoms with Crippen molar-refractivity contribution in [3.63, 3.8) is 0 Å². The van der Waals surface area contributed by atoms with Crippen LogP contribution in [0.3, 0.4) is 0 Å². The number of aryl methyl sites for hydroxylation is 1. The van der Waals surface area contributed by atoms with Gasteiger partial charge in [0, 0.05) is 34.1 Å². The lowest BCUT2D eigenvalue weighted by Gasteiger charge is -2.17. The SMILES string of the molecule is C=C(C)NCC1=Nc2ccc(-c3c[nH]c4cc(F)ccc34)cc2CC1. The van der Waals surface area contributed by atoms with E-state index >= 15 is 0 Å². The number of halogens is 1. The molecule has 1 aliphatic rings. The van der Waals surface area contributed by atoms with Crippen LogP contribution < -0.4 is 5.32 Å². The van der Waals surface area contributed by atoms with Crippen LogP contribution in [0.15, 0.2) is 59.9 Å². The molecule has 0 atom stereocenters. The van der Waals surface area contributed by atoms with Gasteiger partial charge in [-0.15, -0.1) is 0 Å². The van der Waals surface area contributed by atoms with Gasteiger partial charge in [0.15, 0.2) is 0 Å². The van der Waals surface area contributed by atoms with Crippen molar-refractivity contribution >= 4 is 22.3 Å². The molecule has 0 spiro atoms. The Hall–Kier alpha value is -2.88. The van der Waals surface area contributed by atoms with E-state index in [2.05, 4.69) is 35.1 Å². The Balaban J connectivity index is 1.67. The van der Waals surface area contributed by atoms with Crippen molar-refractivity contribution in [1.82, 2.24) is 10.3 Å². The molecular weight excluding hydrogens is 313 g/mol. The summed E-state index contributed by atoms with van der Waals surface area (Å²) in [5, 5.41) is 4.28. The molecule has 0 fully saturated rings. The highest BCUT2D eigenvalue weighted by atomic mass is 19.1. The van der Waals surface area contributed by atoms with E-state index in [9.17, 15) is 4.39 Å². The molecular formula is C21H20FN3. The average Bonchev–Trinajstić information content (AvgIpc) is 3.02. The normalized spacial score (nSPS) is 13.4. The lowest BCUT2D eigenvalue weighted by molar-refractivity contribution is 0.629. The number of allylic oxidation sites excluding steroid dienone is 1. The molecule has 25 heavy (non-hydrogen) atoms. The lowest BCUT2D eigenvalue weighted by Crippen LogP contribution is -2.22. The quantitative estimate of drug-likeness (QED) is 0.684. The molecule has 0 bridgehead atoms. The van der Waals surface area contributed by atoms with Gasteiger partial charge in [-0.05, 0) is 61.2 Å². The third kappa shape index (κ3) is 3.07. The van der Waals surface area contributed by atoms with Gasteiger partial charge in [0.05, 0.1) is 12.2 Å². The van der Waals surface area contributed by atoms with E-state index in [1.54, 1.807) is 0 Å². The van der Waals surface area contributed by atoms with Gasteiger partial charge in [-0.3, -0.25) is 4.99 Å². The lowest BCUT2D eigenvalue weighted by atomic mass is 9.96. The average molecular weight is 333 g/mol. The number of nitrogens with zero attached hydrogens (tertiary/aromatic N) is 1. The second kappa shape index (κ2) is 6.20. The maximum Gasteiger partial charge on any atom is 0.125 e. The summed E-state index contributed by atoms with van der Waals surface area (Å²) in [5.74, 6) is -0.225. The highest BCUT2D eigenvalue weighted by Gasteiger charge is 2.14. The first kappa shape index (κ1) is 15.6. The molecule has 1 aliphatic heterocycles. The van der Waals surface area contributed by atoms with Crippen LogP contribution in [0.2, 0.25) is 0 Å². The van der Waals surface area contributed by atoms with Crippen molar-refractivity contribution in [2.24, 2.45) is 4.99 Å². The zero-order valence-corrected chi connectivity index (χ0v) is 14.2. The van der Waals surface area contributed by atoms with E-state index in [-0.39, 0.29) is 5.82 Å². The van der Waals surface area contributed by atoms with Crippen molar-refractivity contribution in [3.8, 4) is 11.1 Å². The van der Waals surface area contributed by atoms with Crippen molar-refractivity contribution in [2.45, 2.75) is 19.8 Å². The van der Waals surface area contributed by atoms with Crippen molar-refractivity contribution < 1.29 is 4.39 Å². The summed E-state index contributed by atoms with van der Waals surface area (Å²) in [4.78, 5) is 7.93. The van der Waals surface area contributed by atoms with Gasteiger partial charge < -0.3 is 10.3 Å². The van der Waals surface area contributed by atoms with Crippen molar-refractivity contribution in [2.75, 3.05) is 6.54 Å². The highest BCUT2D eigenvalue weighted by molar-refractivity contribution is 5.96. The number of H-pyrrole nitrogens is 1. The Morgan fingerprint density at radius 2 is 2.12 bits per heavy atom. The summed E-state index contributed by atoms with van der Waals surface area (Å²) in [7, 11) is 0. The Labute approximate surface area is 146 Å². The van der Waals surface area contributed by atoms with Crippen molar-refractivity contribution in [3.05, 3.63) is 66.3 Å². The summed E-state index contributed by atoms with van der Waals surface area (Å²) < 4.78 is 13.4. The number of aromatic nitrogens is 1. The molecule has 0 aliphatic carbocycles. The third-order valence-electron chi connectivity index (χ3n) is 4.59. The molecule has 0 amide bonds. The Kier molecular flexibility index (Phi) is 3.88. The number of fused-ring (bicyclic) bond motifs is 2. The zero-order chi connectivity index (χ0) is 17.4. The summed E-state index contributed by atoms with van der Waals surface area (Å²) >= 11 is 0. The number of rotatable bonds is 4. The number of nitrogens with one attached hydrogen (secondary N) is 2. The molecule has 2 N–H and O–H groups in total. The summed E-state index contributed by atoms with van der Waals surface area (Å²) in [5.41, 5.74) is 7.46. The fourth-order valence-corrected chi connectivity index (χ4v) is 3.29. The predicted octanol–water partition coefficient (Wildman–Crippen LogP) is 5.12. The first-order chi connectivity index (χ1) is 12.1. The topological polar surface area (TPSA) is 40.2 Å². The van der Waals surface area contributed by atoms with E-state index in [0.717, 1.165) is 58.5 Å². The molecule has 2 aromatic carbocycles. The molecule has 3 aromatic rings. The largest absolute Gasteiger partial charge is 0.384 e. The third-order valence-corrected chi connectivity index (χ3v) is 4.59. The van der Waals surface area contributed by atoms with Crippen LogP contribution in [-0.4, -0.2) is 17.2 Å². The van der Waals surface area contributed by atoms with E-state index in [1.165, 1.54) is 17.7 Å². The van der Waals surface area contributed by atoms with Gasteiger partial charge in [-0.25, -0.2) is 4.39 Å². The maximum atomic E-state index is 13.4. The number of aliphatic imine (C=N–C) groups is 1. The Bertz CT molecular complexity index is 998. The molecule has 126 valence electrons. The maximum absolute atomic E-state index is 13.4. The van der Waals surface area contributed by atoms with Crippen molar-refractivity contribution in [1.29, 1.82) is 0 Å². The molecule has 4 heteroatoms. The summed E-state index contributed by atoms with van der Waals surface area (Å²) in [6.07, 6.45) is 3.88. The van der Waals surface area contributed by atoms with Crippen LogP contribution in [0, 0.1) is 5.82 Å². The molecule has 4 rings (SSSR count). The zero-order valence-electron chi connectivity index (χ0n) is 14.2. The van der Waals surface area contributed by atoms with Gasteiger partial charge in [0.2, 0.25) is 0 Å². The van der Waals surface area contributed by atoms with E-state index in [1.807, 2.05) is 19.2 Å². The number of hydrogen-bond acceptors (Lipinski definition) is 2. The van der Waals surface area contributed by atoms with Gasteiger partial charge in [-0.2, -0.15) is 0 Å². The Morgan fingerprint density at radius 1 is 1.24 bits per heavy atom. The van der Waals surface area contributed by atoms with Crippen LogP contribution >= 0.6 is 0 Å². The summed E-state index contributed by atoms with van der Waals surface area (Å²) in [6.45, 7) is 6.57. The first-order valence-corrected chi connectivity index (χ1v) is 8.46. The molecule has 0 unspecified atom stereocenters. The predicted molar refractivity (Wildman–Crippen MR) is 102 cm³/mol. The van der Waals surface area contributed by atoms with Crippen LogP contribution in [0.1, 0.15) is 18.9 Å². The summed E-state index contributed by atoms with van der Waals surface area (Å²) in [6, 6.07) is 11.2. The van der Waals surface area contributed by atoms with Crippen LogP contribution in [0.25, 0.3) is 22.0 Å². The van der Waals surface area contributed by atoms with Gasteiger partial charge in [0.25, 0.3) is 0 Å². The Morgan fingerprint density at radius 3 is 2.96 bits per heavy atom. The highest BCUT2D eigenvalue weighted by Crippen LogP contribution is 2.34. The minimum Gasteiger partial charge on any atom is -0.384 e. The molecule has 0 saturated heterocycles. The minimum atomic E-state index is -0.225. The molecule has 0 saturated carbocycles. The first-order valence-electron chi connectivity index (χ1n) is 8.46. The molecule has 1 aromatic heterocycles. The van der Waals surface area contributed by atoms with Gasteiger partial charge >= 0.3 is 0 Å². The molecule has 3 nitrogen and oxygen atoms in total. The second-order valence-corrected chi connectivity index (χ2v) is 6.55. The standard InChI is InChI=1S/C21H20FN3/c1-13(2)23-11-17-6-3-15-9-14(4-8-20(15)25-17)19-12-24-21-10-16(22)5-7-18(19)21/h4-5,7-10,12,23-24H,1,3,6,11H2,2H3. The fourth-order valence-electron chi connectivity index (χ4n) is 3.29. The fraction of sp³-hybridized carbons (Fsp3) is 0.190. The van der Waals surface area contributed by atoms with E-state index in [0.29, 0.717) is 0 Å². The van der Waals surface area contributed by atoms with E-state index < -0.39 is 0 Å². The second-order valence-electron chi connectivity index (χ2n) is 6.55. The minimum absolute atomic E-state index is 0.225. The van der Waals surface area contributed by atoms with E-state index in [4.69, 9.17) is 4.99 Å². The molecule has 0 radical (unpaired) electrons. The number of aromatic amines is 1. The molecule has 2 heterocycles. The number of hydrogen-bond donors (Lipinski definition) is 2. The van der Waals surface area contributed by atoms with Gasteiger partial charge in [-0.1, -0.05) is 12.6 Å². The van der Waals surface area contributed by atoms with Crippen LogP contribution in [0.5, 0.6) is 0 Å². The number of benzene rings is 2. The van der Waals surface area contributed by atoms with Crippen LogP contribution in [0.4, 0.5) is 10.1 Å². The smallest absolute Gasteiger partial charge is 0.125 e.